The molecule has 0 spiro atoms. The predicted molar refractivity (Wildman–Crippen MR) is 92.4 cm³/mol. The minimum Gasteiger partial charge on any atom is -0.381 e. The maximum atomic E-state index is 12.6. The molecule has 1 fully saturated rings. The number of aryl methyl sites for hydroxylation is 2. The molecule has 0 bridgehead atoms. The van der Waals surface area contributed by atoms with Crippen molar-refractivity contribution in [3.05, 3.63) is 54.1 Å². The van der Waals surface area contributed by atoms with Crippen LogP contribution in [-0.4, -0.2) is 28.7 Å². The average Bonchev–Trinajstić information content (AvgIpc) is 3.05. The molecule has 5 heteroatoms. The largest absolute Gasteiger partial charge is 0.381 e. The first-order valence-corrected chi connectivity index (χ1v) is 8.65. The van der Waals surface area contributed by atoms with Crippen molar-refractivity contribution in [2.24, 2.45) is 5.92 Å². The summed E-state index contributed by atoms with van der Waals surface area (Å²) in [7, 11) is 0. The van der Waals surface area contributed by atoms with Crippen molar-refractivity contribution >= 4 is 5.91 Å². The van der Waals surface area contributed by atoms with Crippen molar-refractivity contribution in [3.8, 4) is 0 Å². The molecule has 1 aliphatic heterocycles. The highest BCUT2D eigenvalue weighted by Crippen LogP contribution is 2.21. The van der Waals surface area contributed by atoms with Crippen molar-refractivity contribution in [2.45, 2.75) is 38.8 Å². The predicted octanol–water partition coefficient (Wildman–Crippen LogP) is 2.87. The van der Waals surface area contributed by atoms with Gasteiger partial charge in [0.25, 0.3) is 0 Å². The second kappa shape index (κ2) is 8.11. The van der Waals surface area contributed by atoms with Crippen LogP contribution in [0.3, 0.4) is 0 Å². The van der Waals surface area contributed by atoms with E-state index in [-0.39, 0.29) is 17.9 Å². The van der Waals surface area contributed by atoms with E-state index in [9.17, 15) is 4.79 Å². The summed E-state index contributed by atoms with van der Waals surface area (Å²) in [5, 5.41) is 3.26. The number of ether oxygens (including phenoxy) is 1. The Balaban J connectivity index is 1.67. The minimum absolute atomic E-state index is 0.0170. The van der Waals surface area contributed by atoms with Gasteiger partial charge in [-0.3, -0.25) is 4.79 Å². The molecule has 0 saturated carbocycles. The lowest BCUT2D eigenvalue weighted by Crippen LogP contribution is -2.37. The summed E-state index contributed by atoms with van der Waals surface area (Å²) in [6, 6.07) is 10.2. The number of hydrogen-bond acceptors (Lipinski definition) is 3. The number of carbonyl (C=O) groups is 1. The maximum Gasteiger partial charge on any atom is 0.223 e. The monoisotopic (exact) mass is 327 g/mol. The van der Waals surface area contributed by atoms with E-state index in [1.807, 2.05) is 37.5 Å². The molecule has 24 heavy (non-hydrogen) atoms. The maximum absolute atomic E-state index is 12.6. The third-order valence-corrected chi connectivity index (χ3v) is 4.69. The Bertz CT molecular complexity index is 648. The topological polar surface area (TPSA) is 56.2 Å². The van der Waals surface area contributed by atoms with Gasteiger partial charge in [0.15, 0.2) is 0 Å². The molecule has 1 N–H and O–H groups in total. The van der Waals surface area contributed by atoms with E-state index in [0.717, 1.165) is 37.2 Å². The molecule has 1 atom stereocenters. The number of carbonyl (C=O) groups excluding carboxylic acids is 1. The molecule has 2 heterocycles. The molecule has 1 aromatic heterocycles. The lowest BCUT2D eigenvalue weighted by atomic mass is 9.97. The van der Waals surface area contributed by atoms with Crippen molar-refractivity contribution < 1.29 is 9.53 Å². The van der Waals surface area contributed by atoms with Gasteiger partial charge in [-0.2, -0.15) is 0 Å². The number of nitrogens with zero attached hydrogens (tertiary/aromatic N) is 2. The van der Waals surface area contributed by atoms with E-state index in [0.29, 0.717) is 13.2 Å². The van der Waals surface area contributed by atoms with Crippen LogP contribution in [0.4, 0.5) is 0 Å². The standard InChI is InChI=1S/C19H25N3O2/c1-15-20-10-12-22(15)11-7-18(16-5-3-2-4-6-16)21-19(23)17-8-13-24-14-9-17/h2-6,10,12,17-18H,7-9,11,13-14H2,1H3,(H,21,23)/t18-/m0/s1. The molecule has 1 saturated heterocycles. The third kappa shape index (κ3) is 4.23. The zero-order chi connectivity index (χ0) is 16.8. The van der Waals surface area contributed by atoms with Crippen molar-refractivity contribution in [1.82, 2.24) is 14.9 Å². The fourth-order valence-corrected chi connectivity index (χ4v) is 3.17. The Morgan fingerprint density at radius 2 is 2.08 bits per heavy atom. The summed E-state index contributed by atoms with van der Waals surface area (Å²) in [5.41, 5.74) is 1.15. The molecule has 2 aromatic rings. The second-order valence-corrected chi connectivity index (χ2v) is 6.32. The molecule has 1 aromatic carbocycles. The molecular weight excluding hydrogens is 302 g/mol. The smallest absolute Gasteiger partial charge is 0.223 e. The second-order valence-electron chi connectivity index (χ2n) is 6.32. The summed E-state index contributed by atoms with van der Waals surface area (Å²) in [4.78, 5) is 16.9. The van der Waals surface area contributed by atoms with Crippen LogP contribution < -0.4 is 5.32 Å². The van der Waals surface area contributed by atoms with Gasteiger partial charge in [0, 0.05) is 38.1 Å². The zero-order valence-electron chi connectivity index (χ0n) is 14.1. The molecule has 0 aliphatic carbocycles. The highest BCUT2D eigenvalue weighted by molar-refractivity contribution is 5.79. The zero-order valence-corrected chi connectivity index (χ0v) is 14.1. The van der Waals surface area contributed by atoms with Gasteiger partial charge in [-0.05, 0) is 31.7 Å². The van der Waals surface area contributed by atoms with Gasteiger partial charge in [-0.15, -0.1) is 0 Å². The summed E-state index contributed by atoms with van der Waals surface area (Å²) < 4.78 is 7.48. The Morgan fingerprint density at radius 1 is 1.33 bits per heavy atom. The number of hydrogen-bond donors (Lipinski definition) is 1. The van der Waals surface area contributed by atoms with Gasteiger partial charge < -0.3 is 14.6 Å². The SMILES string of the molecule is Cc1nccn1CC[C@H](NC(=O)C1CCOCC1)c1ccccc1. The van der Waals surface area contributed by atoms with E-state index >= 15 is 0 Å². The number of benzene rings is 1. The Kier molecular flexibility index (Phi) is 5.64. The van der Waals surface area contributed by atoms with Gasteiger partial charge >= 0.3 is 0 Å². The molecule has 0 radical (unpaired) electrons. The van der Waals surface area contributed by atoms with E-state index in [4.69, 9.17) is 4.74 Å². The summed E-state index contributed by atoms with van der Waals surface area (Å²) in [6.07, 6.45) is 6.27. The van der Waals surface area contributed by atoms with Crippen LogP contribution in [0.1, 0.15) is 36.7 Å². The number of amides is 1. The fraction of sp³-hybridized carbons (Fsp3) is 0.474. The Morgan fingerprint density at radius 3 is 2.75 bits per heavy atom. The van der Waals surface area contributed by atoms with Gasteiger partial charge in [0.1, 0.15) is 5.82 Å². The first kappa shape index (κ1) is 16.7. The van der Waals surface area contributed by atoms with Crippen LogP contribution in [0, 0.1) is 12.8 Å². The molecule has 1 aliphatic rings. The highest BCUT2D eigenvalue weighted by atomic mass is 16.5. The van der Waals surface area contributed by atoms with Crippen LogP contribution in [0.15, 0.2) is 42.7 Å². The van der Waals surface area contributed by atoms with Crippen molar-refractivity contribution in [3.63, 3.8) is 0 Å². The lowest BCUT2D eigenvalue weighted by Gasteiger charge is -2.25. The van der Waals surface area contributed by atoms with E-state index in [1.54, 1.807) is 0 Å². The highest BCUT2D eigenvalue weighted by Gasteiger charge is 2.24. The van der Waals surface area contributed by atoms with Crippen LogP contribution in [0.2, 0.25) is 0 Å². The number of imidazole rings is 1. The number of rotatable bonds is 6. The normalized spacial score (nSPS) is 16.7. The molecule has 5 nitrogen and oxygen atoms in total. The first-order chi connectivity index (χ1) is 11.7. The molecule has 1 amide bonds. The van der Waals surface area contributed by atoms with Crippen LogP contribution in [0.5, 0.6) is 0 Å². The molecule has 3 rings (SSSR count). The van der Waals surface area contributed by atoms with E-state index < -0.39 is 0 Å². The average molecular weight is 327 g/mol. The van der Waals surface area contributed by atoms with Gasteiger partial charge in [-0.25, -0.2) is 4.98 Å². The van der Waals surface area contributed by atoms with Gasteiger partial charge in [0.2, 0.25) is 5.91 Å². The van der Waals surface area contributed by atoms with Crippen LogP contribution >= 0.6 is 0 Å². The Labute approximate surface area is 143 Å². The molecular formula is C19H25N3O2. The van der Waals surface area contributed by atoms with Crippen LogP contribution in [-0.2, 0) is 16.1 Å². The van der Waals surface area contributed by atoms with E-state index in [1.165, 1.54) is 0 Å². The van der Waals surface area contributed by atoms with Crippen molar-refractivity contribution in [2.75, 3.05) is 13.2 Å². The quantitative estimate of drug-likeness (QED) is 0.887. The summed E-state index contributed by atoms with van der Waals surface area (Å²) in [6.45, 7) is 4.20. The first-order valence-electron chi connectivity index (χ1n) is 8.65. The number of nitrogens with one attached hydrogen (secondary N) is 1. The summed E-state index contributed by atoms with van der Waals surface area (Å²) >= 11 is 0. The third-order valence-electron chi connectivity index (χ3n) is 4.69. The van der Waals surface area contributed by atoms with Crippen molar-refractivity contribution in [1.29, 1.82) is 0 Å². The minimum atomic E-state index is 0.0170. The van der Waals surface area contributed by atoms with Crippen LogP contribution in [0.25, 0.3) is 0 Å². The van der Waals surface area contributed by atoms with Gasteiger partial charge in [0.05, 0.1) is 6.04 Å². The van der Waals surface area contributed by atoms with E-state index in [2.05, 4.69) is 27.0 Å². The Hall–Kier alpha value is -2.14. The summed E-state index contributed by atoms with van der Waals surface area (Å²) in [5.74, 6) is 1.21. The lowest BCUT2D eigenvalue weighted by molar-refractivity contribution is -0.128. The molecule has 0 unspecified atom stereocenters. The fourth-order valence-electron chi connectivity index (χ4n) is 3.17. The van der Waals surface area contributed by atoms with Gasteiger partial charge in [-0.1, -0.05) is 30.3 Å². The number of aromatic nitrogens is 2. The molecule has 128 valence electrons.